The van der Waals surface area contributed by atoms with Gasteiger partial charge >= 0.3 is 13.8 Å². The number of rotatable bonds is 56. The van der Waals surface area contributed by atoms with E-state index in [1.807, 2.05) is 33.3 Å². The minimum absolute atomic E-state index is 0.0405. The smallest absolute Gasteiger partial charge is 0.456 e. The highest BCUT2D eigenvalue weighted by atomic mass is 31.2. The Bertz CT molecular complexity index is 1330. The van der Waals surface area contributed by atoms with Crippen molar-refractivity contribution in [2.75, 3.05) is 40.9 Å². The van der Waals surface area contributed by atoms with Gasteiger partial charge in [0.2, 0.25) is 5.91 Å². The number of carbonyl (C=O) groups is 2. The van der Waals surface area contributed by atoms with Crippen molar-refractivity contribution in [2.24, 2.45) is 0 Å². The molecule has 10 heteroatoms. The fourth-order valence-electron chi connectivity index (χ4n) is 9.05. The maximum Gasteiger partial charge on any atom is 0.472 e. The van der Waals surface area contributed by atoms with Crippen molar-refractivity contribution in [3.05, 3.63) is 36.5 Å². The van der Waals surface area contributed by atoms with Crippen molar-refractivity contribution >= 4 is 19.7 Å². The molecule has 0 rings (SSSR count). The largest absolute Gasteiger partial charge is 0.472 e. The van der Waals surface area contributed by atoms with E-state index in [1.165, 1.54) is 186 Å². The van der Waals surface area contributed by atoms with Crippen molar-refractivity contribution in [3.8, 4) is 0 Å². The Balaban J connectivity index is 5.24. The van der Waals surface area contributed by atoms with E-state index in [4.69, 9.17) is 13.8 Å². The molecule has 3 atom stereocenters. The average molecular weight is 1040 g/mol. The second-order valence-electron chi connectivity index (χ2n) is 22.3. The van der Waals surface area contributed by atoms with E-state index >= 15 is 0 Å². The molecule has 72 heavy (non-hydrogen) atoms. The van der Waals surface area contributed by atoms with E-state index in [0.29, 0.717) is 17.4 Å². The number of phosphoric ester groups is 1. The third-order valence-electron chi connectivity index (χ3n) is 13.9. The number of amides is 1. The van der Waals surface area contributed by atoms with Gasteiger partial charge in [-0.15, -0.1) is 0 Å². The first-order valence-electron chi connectivity index (χ1n) is 30.8. The fourth-order valence-corrected chi connectivity index (χ4v) is 9.79. The number of quaternary nitrogens is 1. The molecule has 0 aliphatic carbocycles. The van der Waals surface area contributed by atoms with Gasteiger partial charge in [0.1, 0.15) is 19.3 Å². The van der Waals surface area contributed by atoms with E-state index in [9.17, 15) is 19.0 Å². The molecule has 9 nitrogen and oxygen atoms in total. The van der Waals surface area contributed by atoms with Crippen LogP contribution < -0.4 is 5.32 Å². The van der Waals surface area contributed by atoms with Crippen LogP contribution in [0.2, 0.25) is 0 Å². The monoisotopic (exact) mass is 1040 g/mol. The molecule has 0 saturated carbocycles. The summed E-state index contributed by atoms with van der Waals surface area (Å²) < 4.78 is 30.7. The number of likely N-dealkylation sites (N-methyl/N-ethyl adjacent to an activating group) is 1. The Morgan fingerprint density at radius 3 is 1.25 bits per heavy atom. The Kier molecular flexibility index (Phi) is 51.4. The minimum Gasteiger partial charge on any atom is -0.456 e. The van der Waals surface area contributed by atoms with Crippen LogP contribution in [-0.4, -0.2) is 74.3 Å². The zero-order chi connectivity index (χ0) is 52.9. The average Bonchev–Trinajstić information content (AvgIpc) is 3.34. The fraction of sp³-hybridized carbons (Fsp3) is 0.871. The number of nitrogens with one attached hydrogen (secondary N) is 1. The lowest BCUT2D eigenvalue weighted by molar-refractivity contribution is -0.870. The Morgan fingerprint density at radius 2 is 0.833 bits per heavy atom. The number of carbonyl (C=O) groups excluding carboxylic acids is 2. The highest BCUT2D eigenvalue weighted by Gasteiger charge is 2.30. The van der Waals surface area contributed by atoms with E-state index in [2.05, 4.69) is 50.4 Å². The first kappa shape index (κ1) is 70.2. The van der Waals surface area contributed by atoms with Crippen LogP contribution in [0.5, 0.6) is 0 Å². The lowest BCUT2D eigenvalue weighted by Gasteiger charge is -2.27. The van der Waals surface area contributed by atoms with E-state index in [-0.39, 0.29) is 31.5 Å². The van der Waals surface area contributed by atoms with Gasteiger partial charge in [0, 0.05) is 12.8 Å². The van der Waals surface area contributed by atoms with Crippen LogP contribution in [0.3, 0.4) is 0 Å². The van der Waals surface area contributed by atoms with Gasteiger partial charge in [-0.1, -0.05) is 263 Å². The van der Waals surface area contributed by atoms with Gasteiger partial charge in [0.25, 0.3) is 0 Å². The number of esters is 1. The minimum atomic E-state index is -4.44. The second-order valence-corrected chi connectivity index (χ2v) is 23.7. The predicted molar refractivity (Wildman–Crippen MR) is 309 cm³/mol. The molecule has 0 radical (unpaired) electrons. The molecule has 0 spiro atoms. The van der Waals surface area contributed by atoms with Crippen LogP contribution in [0.4, 0.5) is 0 Å². The van der Waals surface area contributed by atoms with E-state index < -0.39 is 20.0 Å². The summed E-state index contributed by atoms with van der Waals surface area (Å²) in [5.74, 6) is -0.506. The highest BCUT2D eigenvalue weighted by Crippen LogP contribution is 2.43. The van der Waals surface area contributed by atoms with Crippen molar-refractivity contribution in [1.82, 2.24) is 5.32 Å². The number of ether oxygens (including phenoxy) is 1. The normalized spacial score (nSPS) is 13.9. The number of unbranched alkanes of at least 4 members (excludes halogenated alkanes) is 37. The van der Waals surface area contributed by atoms with Crippen molar-refractivity contribution < 1.29 is 37.3 Å². The number of hydrogen-bond donors (Lipinski definition) is 2. The number of allylic oxidation sites excluding steroid dienone is 5. The second kappa shape index (κ2) is 52.7. The molecule has 0 bridgehead atoms. The summed E-state index contributed by atoms with van der Waals surface area (Å²) >= 11 is 0. The molecular weight excluding hydrogens is 916 g/mol. The van der Waals surface area contributed by atoms with Gasteiger partial charge in [0.05, 0.1) is 33.8 Å². The zero-order valence-electron chi connectivity index (χ0n) is 48.4. The first-order valence-corrected chi connectivity index (χ1v) is 32.3. The summed E-state index contributed by atoms with van der Waals surface area (Å²) in [6.45, 7) is 7.01. The first-order chi connectivity index (χ1) is 34.9. The lowest BCUT2D eigenvalue weighted by atomic mass is 10.0. The Morgan fingerprint density at radius 1 is 0.486 bits per heavy atom. The molecule has 0 heterocycles. The molecule has 0 aromatic heterocycles. The maximum absolute atomic E-state index is 13.5. The van der Waals surface area contributed by atoms with Gasteiger partial charge in [-0.3, -0.25) is 18.6 Å². The summed E-state index contributed by atoms with van der Waals surface area (Å²) in [5.41, 5.74) is 0. The van der Waals surface area contributed by atoms with Crippen molar-refractivity contribution in [3.63, 3.8) is 0 Å². The molecule has 424 valence electrons. The van der Waals surface area contributed by atoms with Gasteiger partial charge in [-0.05, 0) is 57.4 Å². The van der Waals surface area contributed by atoms with Gasteiger partial charge in [0.15, 0.2) is 0 Å². The molecule has 3 unspecified atom stereocenters. The predicted octanol–water partition coefficient (Wildman–Crippen LogP) is 18.7. The van der Waals surface area contributed by atoms with Crippen LogP contribution in [-0.2, 0) is 27.9 Å². The summed E-state index contributed by atoms with van der Waals surface area (Å²) in [6.07, 6.45) is 62.8. The van der Waals surface area contributed by atoms with Crippen LogP contribution in [0.25, 0.3) is 0 Å². The van der Waals surface area contributed by atoms with Crippen LogP contribution >= 0.6 is 7.82 Å². The Labute approximate surface area is 446 Å². The molecule has 0 aromatic rings. The van der Waals surface area contributed by atoms with Gasteiger partial charge < -0.3 is 19.4 Å². The maximum atomic E-state index is 13.5. The molecule has 1 amide bonds. The summed E-state index contributed by atoms with van der Waals surface area (Å²) in [6, 6.07) is -0.848. The molecule has 2 N–H and O–H groups in total. The summed E-state index contributed by atoms with van der Waals surface area (Å²) in [7, 11) is 1.50. The van der Waals surface area contributed by atoms with Crippen LogP contribution in [0, 0.1) is 0 Å². The van der Waals surface area contributed by atoms with Crippen LogP contribution in [0.15, 0.2) is 36.5 Å². The summed E-state index contributed by atoms with van der Waals surface area (Å²) in [5, 5.41) is 3.06. The number of phosphoric acid groups is 1. The standard InChI is InChI=1S/C62H119N2O7P/c1-7-10-13-16-19-22-25-28-30-31-32-33-35-36-39-42-45-48-51-54-61(65)63-59(58-70-72(67,68)69-57-56-64(4,5)6)60(53-50-47-44-41-38-27-24-21-18-15-12-9-3)71-62(66)55-52-49-46-43-40-37-34-29-26-23-20-17-14-11-8-2/h20,23,26,29,50,53,59-60H,7-19,21-22,24-25,27-28,30-49,51-52,54-58H2,1-6H3,(H-,63,65,67,68)/p+1/b23-20+,29-26+,53-50+. The lowest BCUT2D eigenvalue weighted by Crippen LogP contribution is -2.47. The number of hydrogen-bond acceptors (Lipinski definition) is 6. The highest BCUT2D eigenvalue weighted by molar-refractivity contribution is 7.47. The zero-order valence-corrected chi connectivity index (χ0v) is 49.3. The molecule has 0 aliphatic heterocycles. The molecule has 0 aliphatic rings. The van der Waals surface area contributed by atoms with E-state index in [1.54, 1.807) is 0 Å². The van der Waals surface area contributed by atoms with Crippen molar-refractivity contribution in [1.29, 1.82) is 0 Å². The van der Waals surface area contributed by atoms with Gasteiger partial charge in [-0.2, -0.15) is 0 Å². The van der Waals surface area contributed by atoms with E-state index in [0.717, 1.165) is 77.0 Å². The number of nitrogens with zero attached hydrogens (tertiary/aromatic N) is 1. The topological polar surface area (TPSA) is 111 Å². The molecule has 0 saturated heterocycles. The third-order valence-corrected chi connectivity index (χ3v) is 14.8. The Hall–Kier alpha value is -1.77. The summed E-state index contributed by atoms with van der Waals surface area (Å²) in [4.78, 5) is 37.7. The third kappa shape index (κ3) is 53.1. The van der Waals surface area contributed by atoms with Gasteiger partial charge in [-0.25, -0.2) is 4.57 Å². The van der Waals surface area contributed by atoms with Crippen LogP contribution in [0.1, 0.15) is 297 Å². The SMILES string of the molecule is CCCCC/C=C/C=C/CCCCCCCCC(=O)OC(/C=C/CCCCCCCCCCCC)C(COP(=O)(O)OCC[N+](C)(C)C)NC(=O)CCCCCCCCCCCCCCCCCCCCC. The molecule has 0 fully saturated rings. The molecule has 0 aromatic carbocycles. The molecular formula is C62H120N2O7P+. The van der Waals surface area contributed by atoms with Crippen molar-refractivity contribution in [2.45, 2.75) is 309 Å². The quantitative estimate of drug-likeness (QED) is 0.0156.